The highest BCUT2D eigenvalue weighted by atomic mass is 16.5. The highest BCUT2D eigenvalue weighted by molar-refractivity contribution is 6.14. The summed E-state index contributed by atoms with van der Waals surface area (Å²) in [5.74, 6) is 1.74. The molecule has 0 aliphatic carbocycles. The van der Waals surface area contributed by atoms with Crippen molar-refractivity contribution in [3.8, 4) is 23.0 Å². The van der Waals surface area contributed by atoms with Crippen molar-refractivity contribution in [1.29, 1.82) is 0 Å². The normalized spacial score (nSPS) is 11.3. The minimum atomic E-state index is 0.239. The molecule has 0 saturated carbocycles. The summed E-state index contributed by atoms with van der Waals surface area (Å²) in [6.45, 7) is 0. The van der Waals surface area contributed by atoms with Crippen LogP contribution in [0.3, 0.4) is 0 Å². The second-order valence-electron chi connectivity index (χ2n) is 6.37. The van der Waals surface area contributed by atoms with Crippen molar-refractivity contribution < 1.29 is 19.3 Å². The Kier molecular flexibility index (Phi) is 4.91. The molecule has 0 heterocycles. The van der Waals surface area contributed by atoms with Crippen molar-refractivity contribution >= 4 is 32.9 Å². The average molecular weight is 388 g/mol. The summed E-state index contributed by atoms with van der Waals surface area (Å²) in [5, 5.41) is 22.8. The minimum Gasteiger partial charge on any atom is -0.507 e. The van der Waals surface area contributed by atoms with Crippen LogP contribution >= 0.6 is 0 Å². The van der Waals surface area contributed by atoms with Gasteiger partial charge in [0.05, 0.1) is 27.0 Å². The first-order valence-electron chi connectivity index (χ1n) is 9.02. The third kappa shape index (κ3) is 3.18. The number of aromatic hydroxyl groups is 1. The number of ether oxygens (including phenoxy) is 3. The van der Waals surface area contributed by atoms with Gasteiger partial charge in [-0.3, -0.25) is 0 Å². The van der Waals surface area contributed by atoms with Crippen LogP contribution in [0.25, 0.3) is 21.5 Å². The van der Waals surface area contributed by atoms with Crippen LogP contribution in [0.5, 0.6) is 23.0 Å². The van der Waals surface area contributed by atoms with Crippen molar-refractivity contribution in [1.82, 2.24) is 0 Å². The van der Waals surface area contributed by atoms with E-state index in [1.165, 1.54) is 0 Å². The van der Waals surface area contributed by atoms with Crippen LogP contribution in [-0.2, 0) is 0 Å². The summed E-state index contributed by atoms with van der Waals surface area (Å²) in [7, 11) is 4.66. The number of rotatable bonds is 5. The monoisotopic (exact) mass is 388 g/mol. The maximum Gasteiger partial charge on any atom is 0.203 e. The van der Waals surface area contributed by atoms with Gasteiger partial charge in [0.2, 0.25) is 5.75 Å². The van der Waals surface area contributed by atoms with Gasteiger partial charge in [-0.2, -0.15) is 5.11 Å². The van der Waals surface area contributed by atoms with Crippen LogP contribution in [0.2, 0.25) is 0 Å². The minimum absolute atomic E-state index is 0.239. The lowest BCUT2D eigenvalue weighted by Gasteiger charge is -2.12. The average Bonchev–Trinajstić information content (AvgIpc) is 2.78. The molecule has 0 unspecified atom stereocenters. The molecule has 4 aromatic carbocycles. The molecule has 0 aromatic heterocycles. The summed E-state index contributed by atoms with van der Waals surface area (Å²) >= 11 is 0. The molecule has 6 nitrogen and oxygen atoms in total. The summed E-state index contributed by atoms with van der Waals surface area (Å²) in [6.07, 6.45) is 0. The summed E-state index contributed by atoms with van der Waals surface area (Å²) in [6, 6.07) is 18.6. The SMILES string of the molecule is COc1cc(N=Nc2c3ccccc3c(O)c3ccccc23)cc(OC)c1OC. The first kappa shape index (κ1) is 18.6. The van der Waals surface area contributed by atoms with Gasteiger partial charge in [-0.1, -0.05) is 48.5 Å². The van der Waals surface area contributed by atoms with Gasteiger partial charge in [0, 0.05) is 33.7 Å². The quantitative estimate of drug-likeness (QED) is 0.329. The van der Waals surface area contributed by atoms with Crippen LogP contribution in [0, 0.1) is 0 Å². The maximum absolute atomic E-state index is 10.7. The van der Waals surface area contributed by atoms with Gasteiger partial charge in [0.15, 0.2) is 11.5 Å². The van der Waals surface area contributed by atoms with Crippen molar-refractivity contribution in [2.45, 2.75) is 0 Å². The predicted molar refractivity (Wildman–Crippen MR) is 113 cm³/mol. The molecule has 0 aliphatic heterocycles. The Morgan fingerprint density at radius 1 is 0.655 bits per heavy atom. The van der Waals surface area contributed by atoms with Gasteiger partial charge in [-0.05, 0) is 0 Å². The van der Waals surface area contributed by atoms with Crippen molar-refractivity contribution in [2.24, 2.45) is 10.2 Å². The number of fused-ring (bicyclic) bond motifs is 2. The first-order valence-corrected chi connectivity index (χ1v) is 9.02. The summed E-state index contributed by atoms with van der Waals surface area (Å²) < 4.78 is 16.1. The largest absolute Gasteiger partial charge is 0.507 e. The molecule has 4 aromatic rings. The van der Waals surface area contributed by atoms with E-state index in [9.17, 15) is 5.11 Å². The third-order valence-electron chi connectivity index (χ3n) is 4.79. The number of nitrogens with zero attached hydrogens (tertiary/aromatic N) is 2. The molecular weight excluding hydrogens is 368 g/mol. The molecule has 0 saturated heterocycles. The third-order valence-corrected chi connectivity index (χ3v) is 4.79. The molecule has 6 heteroatoms. The van der Waals surface area contributed by atoms with Crippen LogP contribution in [0.1, 0.15) is 0 Å². The standard InChI is InChI=1S/C23H20N2O4/c1-27-19-12-14(13-20(28-2)23(19)29-3)24-25-21-15-8-4-6-10-17(15)22(26)18-11-7-5-9-16(18)21/h4-13,26H,1-3H3. The van der Waals surface area contributed by atoms with Gasteiger partial charge < -0.3 is 19.3 Å². The number of azo groups is 1. The van der Waals surface area contributed by atoms with Crippen molar-refractivity contribution in [3.05, 3.63) is 60.7 Å². The molecule has 1 N–H and O–H groups in total. The van der Waals surface area contributed by atoms with E-state index in [0.29, 0.717) is 28.6 Å². The molecule has 0 fully saturated rings. The fourth-order valence-electron chi connectivity index (χ4n) is 3.42. The number of hydrogen-bond acceptors (Lipinski definition) is 6. The van der Waals surface area contributed by atoms with E-state index in [0.717, 1.165) is 21.5 Å². The van der Waals surface area contributed by atoms with E-state index in [2.05, 4.69) is 10.2 Å². The Labute approximate surface area is 168 Å². The molecule has 29 heavy (non-hydrogen) atoms. The predicted octanol–water partition coefficient (Wildman–Crippen LogP) is 6.14. The van der Waals surface area contributed by atoms with E-state index in [1.807, 2.05) is 48.5 Å². The van der Waals surface area contributed by atoms with E-state index in [1.54, 1.807) is 33.5 Å². The van der Waals surface area contributed by atoms with Gasteiger partial charge in [-0.15, -0.1) is 5.11 Å². The Morgan fingerprint density at radius 2 is 1.14 bits per heavy atom. The number of phenolic OH excluding ortho intramolecular Hbond substituents is 1. The fraction of sp³-hybridized carbons (Fsp3) is 0.130. The molecule has 0 aliphatic rings. The van der Waals surface area contributed by atoms with Crippen molar-refractivity contribution in [2.75, 3.05) is 21.3 Å². The zero-order chi connectivity index (χ0) is 20.4. The molecule has 0 spiro atoms. The Hall–Kier alpha value is -3.80. The number of benzene rings is 4. The zero-order valence-corrected chi connectivity index (χ0v) is 16.3. The van der Waals surface area contributed by atoms with Crippen LogP contribution in [0.15, 0.2) is 70.9 Å². The smallest absolute Gasteiger partial charge is 0.203 e. The first-order chi connectivity index (χ1) is 14.2. The molecule has 4 rings (SSSR count). The zero-order valence-electron chi connectivity index (χ0n) is 16.3. The van der Waals surface area contributed by atoms with Crippen LogP contribution in [0.4, 0.5) is 11.4 Å². The summed E-state index contributed by atoms with van der Waals surface area (Å²) in [4.78, 5) is 0. The van der Waals surface area contributed by atoms with E-state index >= 15 is 0 Å². The summed E-state index contributed by atoms with van der Waals surface area (Å²) in [5.41, 5.74) is 1.24. The van der Waals surface area contributed by atoms with Crippen LogP contribution in [-0.4, -0.2) is 26.4 Å². The fourth-order valence-corrected chi connectivity index (χ4v) is 3.42. The lowest BCUT2D eigenvalue weighted by Crippen LogP contribution is -1.94. The van der Waals surface area contributed by atoms with Gasteiger partial charge in [0.25, 0.3) is 0 Å². The Bertz CT molecular complexity index is 1150. The maximum atomic E-state index is 10.7. The Balaban J connectivity index is 1.92. The molecule has 0 atom stereocenters. The Morgan fingerprint density at radius 3 is 1.59 bits per heavy atom. The molecule has 146 valence electrons. The van der Waals surface area contributed by atoms with Crippen molar-refractivity contribution in [3.63, 3.8) is 0 Å². The highest BCUT2D eigenvalue weighted by Gasteiger charge is 2.15. The lowest BCUT2D eigenvalue weighted by atomic mass is 10.00. The number of methoxy groups -OCH3 is 3. The lowest BCUT2D eigenvalue weighted by molar-refractivity contribution is 0.324. The van der Waals surface area contributed by atoms with E-state index in [4.69, 9.17) is 14.2 Å². The number of phenols is 1. The topological polar surface area (TPSA) is 72.6 Å². The molecular formula is C23H20N2O4. The molecule has 0 bridgehead atoms. The van der Waals surface area contributed by atoms with Gasteiger partial charge in [-0.25, -0.2) is 0 Å². The second kappa shape index (κ2) is 7.67. The van der Waals surface area contributed by atoms with Crippen LogP contribution < -0.4 is 14.2 Å². The van der Waals surface area contributed by atoms with Gasteiger partial charge >= 0.3 is 0 Å². The second-order valence-corrected chi connectivity index (χ2v) is 6.37. The highest BCUT2D eigenvalue weighted by Crippen LogP contribution is 2.44. The van der Waals surface area contributed by atoms with Gasteiger partial charge in [0.1, 0.15) is 11.4 Å². The van der Waals surface area contributed by atoms with E-state index in [-0.39, 0.29) is 5.75 Å². The van der Waals surface area contributed by atoms with E-state index < -0.39 is 0 Å². The molecule has 0 amide bonds. The molecule has 0 radical (unpaired) electrons. The number of hydrogen-bond donors (Lipinski definition) is 1.